The van der Waals surface area contributed by atoms with Crippen molar-refractivity contribution >= 4 is 33.3 Å². The first-order chi connectivity index (χ1) is 13.9. The number of aromatic nitrogens is 4. The predicted octanol–water partition coefficient (Wildman–Crippen LogP) is 2.81. The van der Waals surface area contributed by atoms with Gasteiger partial charge in [-0.25, -0.2) is 4.98 Å². The van der Waals surface area contributed by atoms with E-state index in [9.17, 15) is 9.59 Å². The third kappa shape index (κ3) is 3.77. The molecule has 1 N–H and O–H groups in total. The van der Waals surface area contributed by atoms with E-state index in [1.807, 2.05) is 37.3 Å². The lowest BCUT2D eigenvalue weighted by molar-refractivity contribution is -0.116. The van der Waals surface area contributed by atoms with Crippen LogP contribution in [0.5, 0.6) is 5.75 Å². The van der Waals surface area contributed by atoms with E-state index in [2.05, 4.69) is 15.4 Å². The van der Waals surface area contributed by atoms with E-state index in [-0.39, 0.29) is 18.0 Å². The maximum atomic E-state index is 12.8. The number of carbonyl (C=O) groups excluding carboxylic acids is 1. The molecule has 0 aliphatic carbocycles. The number of nitrogens with one attached hydrogen (secondary N) is 1. The predicted molar refractivity (Wildman–Crippen MR) is 112 cm³/mol. The van der Waals surface area contributed by atoms with Crippen molar-refractivity contribution in [2.45, 2.75) is 13.5 Å². The van der Waals surface area contributed by atoms with Gasteiger partial charge < -0.3 is 10.1 Å². The van der Waals surface area contributed by atoms with Crippen LogP contribution in [0.25, 0.3) is 20.7 Å². The third-order valence-electron chi connectivity index (χ3n) is 4.46. The summed E-state index contributed by atoms with van der Waals surface area (Å²) in [5.74, 6) is 1.03. The number of methoxy groups -OCH3 is 1. The second-order valence-electron chi connectivity index (χ2n) is 6.57. The topological polar surface area (TPSA) is 91.0 Å². The van der Waals surface area contributed by atoms with Crippen molar-refractivity contribution in [3.63, 3.8) is 0 Å². The van der Waals surface area contributed by atoms with Crippen LogP contribution in [0.4, 0.5) is 5.82 Å². The van der Waals surface area contributed by atoms with Crippen molar-refractivity contribution < 1.29 is 9.53 Å². The van der Waals surface area contributed by atoms with Crippen LogP contribution in [0, 0.1) is 6.92 Å². The summed E-state index contributed by atoms with van der Waals surface area (Å²) in [6.07, 6.45) is 1.41. The Morgan fingerprint density at radius 1 is 1.24 bits per heavy atom. The summed E-state index contributed by atoms with van der Waals surface area (Å²) in [5, 5.41) is 6.95. The van der Waals surface area contributed by atoms with Crippen molar-refractivity contribution in [3.05, 3.63) is 58.8 Å². The minimum atomic E-state index is -0.316. The van der Waals surface area contributed by atoms with Gasteiger partial charge in [-0.15, -0.1) is 11.3 Å². The van der Waals surface area contributed by atoms with Crippen LogP contribution in [0.1, 0.15) is 5.69 Å². The summed E-state index contributed by atoms with van der Waals surface area (Å²) < 4.78 is 8.59. The molecule has 0 saturated heterocycles. The van der Waals surface area contributed by atoms with Gasteiger partial charge in [0, 0.05) is 18.0 Å². The summed E-state index contributed by atoms with van der Waals surface area (Å²) in [5.41, 5.74) is 2.15. The molecule has 4 aromatic rings. The number of hydrogen-bond acceptors (Lipinski definition) is 6. The molecule has 0 fully saturated rings. The zero-order chi connectivity index (χ0) is 20.5. The monoisotopic (exact) mass is 409 g/mol. The van der Waals surface area contributed by atoms with Crippen molar-refractivity contribution in [1.82, 2.24) is 19.3 Å². The Morgan fingerprint density at radius 3 is 2.66 bits per heavy atom. The van der Waals surface area contributed by atoms with E-state index in [0.717, 1.165) is 21.9 Å². The quantitative estimate of drug-likeness (QED) is 0.547. The van der Waals surface area contributed by atoms with Gasteiger partial charge in [0.15, 0.2) is 0 Å². The molecule has 0 unspecified atom stereocenters. The molecule has 9 heteroatoms. The summed E-state index contributed by atoms with van der Waals surface area (Å²) in [6.45, 7) is 1.72. The lowest BCUT2D eigenvalue weighted by Gasteiger charge is -2.07. The number of aryl methyl sites for hydroxylation is 2. The fourth-order valence-electron chi connectivity index (χ4n) is 3.02. The van der Waals surface area contributed by atoms with E-state index in [0.29, 0.717) is 16.0 Å². The highest BCUT2D eigenvalue weighted by Crippen LogP contribution is 2.31. The van der Waals surface area contributed by atoms with E-state index in [1.165, 1.54) is 22.2 Å². The highest BCUT2D eigenvalue weighted by Gasteiger charge is 2.13. The zero-order valence-corrected chi connectivity index (χ0v) is 17.0. The Bertz CT molecular complexity index is 1250. The maximum Gasteiger partial charge on any atom is 0.271 e. The molecule has 148 valence electrons. The standard InChI is InChI=1S/C20H19N5O3S/c1-12-8-17(24(2)23-12)22-18(26)10-25-11-21-15-9-16(29-19(15)20(25)27)13-4-6-14(28-3)7-5-13/h4-9,11H,10H2,1-3H3,(H,22,26). The SMILES string of the molecule is COc1ccc(-c2cc3ncn(CC(=O)Nc4cc(C)nn4C)c(=O)c3s2)cc1. The van der Waals surface area contributed by atoms with Gasteiger partial charge in [0.2, 0.25) is 5.91 Å². The number of benzene rings is 1. The summed E-state index contributed by atoms with van der Waals surface area (Å²) >= 11 is 1.36. The molecule has 0 saturated carbocycles. The van der Waals surface area contributed by atoms with E-state index in [4.69, 9.17) is 4.74 Å². The van der Waals surface area contributed by atoms with Crippen molar-refractivity contribution in [1.29, 1.82) is 0 Å². The van der Waals surface area contributed by atoms with Gasteiger partial charge in [-0.1, -0.05) is 0 Å². The van der Waals surface area contributed by atoms with Gasteiger partial charge in [-0.3, -0.25) is 18.8 Å². The van der Waals surface area contributed by atoms with Gasteiger partial charge in [-0.05, 0) is 42.8 Å². The molecule has 29 heavy (non-hydrogen) atoms. The van der Waals surface area contributed by atoms with Gasteiger partial charge in [0.25, 0.3) is 5.56 Å². The Hall–Kier alpha value is -3.46. The van der Waals surface area contributed by atoms with Crippen molar-refractivity contribution in [2.24, 2.45) is 7.05 Å². The van der Waals surface area contributed by atoms with E-state index < -0.39 is 0 Å². The maximum absolute atomic E-state index is 12.8. The molecular formula is C20H19N5O3S. The molecule has 4 rings (SSSR count). The minimum absolute atomic E-state index is 0.123. The average molecular weight is 409 g/mol. The highest BCUT2D eigenvalue weighted by molar-refractivity contribution is 7.22. The number of rotatable bonds is 5. The van der Waals surface area contributed by atoms with Crippen LogP contribution in [-0.4, -0.2) is 32.3 Å². The second kappa shape index (κ2) is 7.51. The molecule has 3 aromatic heterocycles. The minimum Gasteiger partial charge on any atom is -0.497 e. The van der Waals surface area contributed by atoms with Gasteiger partial charge in [-0.2, -0.15) is 5.10 Å². The molecule has 8 nitrogen and oxygen atoms in total. The molecule has 0 bridgehead atoms. The lowest BCUT2D eigenvalue weighted by atomic mass is 10.2. The molecule has 0 atom stereocenters. The largest absolute Gasteiger partial charge is 0.497 e. The van der Waals surface area contributed by atoms with Crippen LogP contribution < -0.4 is 15.6 Å². The van der Waals surface area contributed by atoms with Gasteiger partial charge >= 0.3 is 0 Å². The Balaban J connectivity index is 1.59. The number of fused-ring (bicyclic) bond motifs is 1. The van der Waals surface area contributed by atoms with Crippen LogP contribution in [0.2, 0.25) is 0 Å². The molecular weight excluding hydrogens is 390 g/mol. The first-order valence-corrected chi connectivity index (χ1v) is 9.70. The Morgan fingerprint density at radius 2 is 2.00 bits per heavy atom. The van der Waals surface area contributed by atoms with Crippen molar-refractivity contribution in [3.8, 4) is 16.2 Å². The number of carbonyl (C=O) groups is 1. The average Bonchev–Trinajstić information content (AvgIpc) is 3.27. The summed E-state index contributed by atoms with van der Waals surface area (Å²) in [6, 6.07) is 11.3. The molecule has 1 amide bonds. The summed E-state index contributed by atoms with van der Waals surface area (Å²) in [7, 11) is 3.36. The fourth-order valence-corrected chi connectivity index (χ4v) is 4.09. The molecule has 0 spiro atoms. The lowest BCUT2D eigenvalue weighted by Crippen LogP contribution is -2.28. The highest BCUT2D eigenvalue weighted by atomic mass is 32.1. The van der Waals surface area contributed by atoms with Gasteiger partial charge in [0.1, 0.15) is 22.8 Å². The molecule has 0 aliphatic rings. The summed E-state index contributed by atoms with van der Waals surface area (Å²) in [4.78, 5) is 30.5. The second-order valence-corrected chi connectivity index (χ2v) is 7.63. The number of anilines is 1. The van der Waals surface area contributed by atoms with E-state index >= 15 is 0 Å². The van der Waals surface area contributed by atoms with E-state index in [1.54, 1.807) is 24.9 Å². The smallest absolute Gasteiger partial charge is 0.271 e. The number of hydrogen-bond donors (Lipinski definition) is 1. The molecule has 0 radical (unpaired) electrons. The van der Waals surface area contributed by atoms with Crippen LogP contribution in [-0.2, 0) is 18.4 Å². The normalized spacial score (nSPS) is 11.0. The number of ether oxygens (including phenoxy) is 1. The number of nitrogens with zero attached hydrogens (tertiary/aromatic N) is 4. The molecule has 3 heterocycles. The number of amides is 1. The third-order valence-corrected chi connectivity index (χ3v) is 5.62. The fraction of sp³-hybridized carbons (Fsp3) is 0.200. The Labute approximate surface area is 170 Å². The molecule has 0 aliphatic heterocycles. The first kappa shape index (κ1) is 18.9. The van der Waals surface area contributed by atoms with Crippen molar-refractivity contribution in [2.75, 3.05) is 12.4 Å². The zero-order valence-electron chi connectivity index (χ0n) is 16.2. The number of thiophene rings is 1. The van der Waals surface area contributed by atoms with Crippen LogP contribution in [0.3, 0.4) is 0 Å². The van der Waals surface area contributed by atoms with Crippen LogP contribution in [0.15, 0.2) is 47.5 Å². The Kier molecular flexibility index (Phi) is 4.89. The van der Waals surface area contributed by atoms with Gasteiger partial charge in [0.05, 0.1) is 24.6 Å². The molecule has 1 aromatic carbocycles. The first-order valence-electron chi connectivity index (χ1n) is 8.88. The van der Waals surface area contributed by atoms with Crippen LogP contribution >= 0.6 is 11.3 Å².